The molecule has 3 heteroatoms. The van der Waals surface area contributed by atoms with E-state index >= 15 is 0 Å². The highest BCUT2D eigenvalue weighted by Crippen LogP contribution is 2.25. The highest BCUT2D eigenvalue weighted by molar-refractivity contribution is 6.05. The molecule has 0 aromatic carbocycles. The summed E-state index contributed by atoms with van der Waals surface area (Å²) in [6, 6.07) is 0. The van der Waals surface area contributed by atoms with Crippen molar-refractivity contribution in [3.8, 4) is 12.3 Å². The van der Waals surface area contributed by atoms with Crippen LogP contribution in [-0.4, -0.2) is 11.8 Å². The summed E-state index contributed by atoms with van der Waals surface area (Å²) in [4.78, 5) is 22.2. The molecule has 0 aliphatic carbocycles. The van der Waals surface area contributed by atoms with E-state index in [1.54, 1.807) is 13.8 Å². The number of hydrogen-bond acceptors (Lipinski definition) is 2. The van der Waals surface area contributed by atoms with Gasteiger partial charge in [0.2, 0.25) is 5.91 Å². The lowest BCUT2D eigenvalue weighted by molar-refractivity contribution is -0.135. The van der Waals surface area contributed by atoms with Crippen LogP contribution in [0.3, 0.4) is 0 Å². The molecule has 0 radical (unpaired) electrons. The second-order valence-corrected chi connectivity index (χ2v) is 3.80. The number of hydrogen-bond donors (Lipinski definition) is 1. The van der Waals surface area contributed by atoms with Crippen LogP contribution in [0, 0.1) is 23.7 Å². The van der Waals surface area contributed by atoms with E-state index in [-0.39, 0.29) is 11.8 Å². The largest absolute Gasteiger partial charge is 0.302 e. The Hall–Kier alpha value is -1.30. The van der Waals surface area contributed by atoms with E-state index in [4.69, 9.17) is 6.42 Å². The van der Waals surface area contributed by atoms with Gasteiger partial charge in [0.1, 0.15) is 0 Å². The van der Waals surface area contributed by atoms with Crippen LogP contribution in [0.25, 0.3) is 0 Å². The third-order valence-corrected chi connectivity index (χ3v) is 2.39. The molecule has 0 fully saturated rings. The summed E-state index contributed by atoms with van der Waals surface area (Å²) in [5.74, 6) is 0.977. The predicted octanol–water partition coefficient (Wildman–Crippen LogP) is 0.945. The fourth-order valence-electron chi connectivity index (χ4n) is 0.562. The fourth-order valence-corrected chi connectivity index (χ4v) is 0.562. The highest BCUT2D eigenvalue weighted by atomic mass is 16.2. The van der Waals surface area contributed by atoms with Gasteiger partial charge in [-0.3, -0.25) is 14.9 Å². The molecule has 0 saturated heterocycles. The number of nitrogens with one attached hydrogen (secondary N) is 1. The Morgan fingerprint density at radius 2 is 1.85 bits per heavy atom. The van der Waals surface area contributed by atoms with Crippen molar-refractivity contribution >= 4 is 11.8 Å². The molecule has 3 nitrogen and oxygen atoms in total. The Balaban J connectivity index is 4.45. The zero-order valence-corrected chi connectivity index (χ0v) is 8.47. The van der Waals surface area contributed by atoms with Crippen molar-refractivity contribution in [1.82, 2.24) is 5.32 Å². The monoisotopic (exact) mass is 181 g/mol. The molecule has 72 valence electrons. The zero-order chi connectivity index (χ0) is 10.6. The molecule has 2 amide bonds. The van der Waals surface area contributed by atoms with Gasteiger partial charge in [0.25, 0.3) is 0 Å². The van der Waals surface area contributed by atoms with Gasteiger partial charge in [-0.05, 0) is 11.8 Å². The van der Waals surface area contributed by atoms with Gasteiger partial charge < -0.3 is 0 Å². The Morgan fingerprint density at radius 1 is 1.38 bits per heavy atom. The molecule has 0 saturated carbocycles. The summed E-state index contributed by atoms with van der Waals surface area (Å²) in [5, 5.41) is 2.14. The van der Waals surface area contributed by atoms with Crippen LogP contribution >= 0.6 is 0 Å². The van der Waals surface area contributed by atoms with Crippen LogP contribution in [0.4, 0.5) is 0 Å². The molecule has 0 bridgehead atoms. The first kappa shape index (κ1) is 11.7. The van der Waals surface area contributed by atoms with Crippen molar-refractivity contribution in [3.05, 3.63) is 0 Å². The van der Waals surface area contributed by atoms with Crippen LogP contribution in [0.2, 0.25) is 0 Å². The van der Waals surface area contributed by atoms with E-state index in [2.05, 4.69) is 5.32 Å². The summed E-state index contributed by atoms with van der Waals surface area (Å²) in [6.45, 7) is 7.38. The Morgan fingerprint density at radius 3 is 2.15 bits per heavy atom. The fraction of sp³-hybridized carbons (Fsp3) is 0.600. The lowest BCUT2D eigenvalue weighted by Gasteiger charge is -2.26. The third kappa shape index (κ3) is 2.90. The van der Waals surface area contributed by atoms with Crippen molar-refractivity contribution in [2.45, 2.75) is 27.7 Å². The maximum atomic E-state index is 11.4. The van der Waals surface area contributed by atoms with Gasteiger partial charge in [0, 0.05) is 5.41 Å². The van der Waals surface area contributed by atoms with Gasteiger partial charge in [-0.2, -0.15) is 0 Å². The Labute approximate surface area is 78.9 Å². The minimum absolute atomic E-state index is 0.151. The number of imide groups is 1. The summed E-state index contributed by atoms with van der Waals surface area (Å²) in [6.07, 6.45) is 4.83. The predicted molar refractivity (Wildman–Crippen MR) is 50.6 cm³/mol. The van der Waals surface area contributed by atoms with E-state index < -0.39 is 11.3 Å². The number of terminal acetylenes is 1. The number of rotatable bonds is 2. The standard InChI is InChI=1S/C10H15NO2/c1-6-8(12)11-9(13)10(4,5)7(2)3/h1,7H,2-5H3,(H,11,12,13). The second kappa shape index (κ2) is 4.08. The van der Waals surface area contributed by atoms with Crippen LogP contribution < -0.4 is 5.32 Å². The van der Waals surface area contributed by atoms with Crippen LogP contribution in [-0.2, 0) is 9.59 Å². The Kier molecular flexibility index (Phi) is 3.68. The highest BCUT2D eigenvalue weighted by Gasteiger charge is 2.31. The van der Waals surface area contributed by atoms with Gasteiger partial charge in [-0.1, -0.05) is 27.7 Å². The molecule has 0 aliphatic heterocycles. The molecule has 1 N–H and O–H groups in total. The molecule has 13 heavy (non-hydrogen) atoms. The van der Waals surface area contributed by atoms with E-state index in [0.717, 1.165) is 0 Å². The van der Waals surface area contributed by atoms with Gasteiger partial charge >= 0.3 is 5.91 Å². The van der Waals surface area contributed by atoms with E-state index in [1.807, 2.05) is 19.8 Å². The first-order chi connectivity index (χ1) is 5.82. The lowest BCUT2D eigenvalue weighted by Crippen LogP contribution is -2.42. The summed E-state index contributed by atoms with van der Waals surface area (Å²) < 4.78 is 0. The van der Waals surface area contributed by atoms with Crippen LogP contribution in [0.15, 0.2) is 0 Å². The van der Waals surface area contributed by atoms with Crippen LogP contribution in [0.1, 0.15) is 27.7 Å². The van der Waals surface area contributed by atoms with Gasteiger partial charge in [-0.25, -0.2) is 0 Å². The Bertz CT molecular complexity index is 259. The van der Waals surface area contributed by atoms with E-state index in [1.165, 1.54) is 0 Å². The lowest BCUT2D eigenvalue weighted by atomic mass is 9.80. The molecule has 0 rings (SSSR count). The van der Waals surface area contributed by atoms with Gasteiger partial charge in [0.05, 0.1) is 0 Å². The maximum absolute atomic E-state index is 11.4. The number of amides is 2. The third-order valence-electron chi connectivity index (χ3n) is 2.39. The second-order valence-electron chi connectivity index (χ2n) is 3.80. The molecule has 0 aliphatic rings. The van der Waals surface area contributed by atoms with Crippen molar-refractivity contribution in [2.24, 2.45) is 11.3 Å². The van der Waals surface area contributed by atoms with Gasteiger partial charge in [-0.15, -0.1) is 6.42 Å². The van der Waals surface area contributed by atoms with Crippen molar-refractivity contribution in [3.63, 3.8) is 0 Å². The summed E-state index contributed by atoms with van der Waals surface area (Å²) >= 11 is 0. The number of carbonyl (C=O) groups is 2. The normalized spacial score (nSPS) is 10.8. The van der Waals surface area contributed by atoms with Crippen LogP contribution in [0.5, 0.6) is 0 Å². The van der Waals surface area contributed by atoms with Crippen molar-refractivity contribution in [1.29, 1.82) is 0 Å². The minimum atomic E-state index is -0.682. The summed E-state index contributed by atoms with van der Waals surface area (Å²) in [7, 11) is 0. The quantitative estimate of drug-likeness (QED) is 0.644. The average Bonchev–Trinajstić information content (AvgIpc) is 2.03. The molecular formula is C10H15NO2. The molecule has 0 heterocycles. The van der Waals surface area contributed by atoms with Crippen molar-refractivity contribution in [2.75, 3.05) is 0 Å². The van der Waals surface area contributed by atoms with Gasteiger partial charge in [0.15, 0.2) is 0 Å². The topological polar surface area (TPSA) is 46.2 Å². The molecule has 0 unspecified atom stereocenters. The molecule has 0 aromatic heterocycles. The first-order valence-electron chi connectivity index (χ1n) is 4.14. The van der Waals surface area contributed by atoms with E-state index in [9.17, 15) is 9.59 Å². The number of carbonyl (C=O) groups excluding carboxylic acids is 2. The van der Waals surface area contributed by atoms with Crippen molar-refractivity contribution < 1.29 is 9.59 Å². The first-order valence-corrected chi connectivity index (χ1v) is 4.14. The maximum Gasteiger partial charge on any atom is 0.302 e. The average molecular weight is 181 g/mol. The van der Waals surface area contributed by atoms with E-state index in [0.29, 0.717) is 0 Å². The molecule has 0 aromatic rings. The minimum Gasteiger partial charge on any atom is -0.285 e. The molecule has 0 atom stereocenters. The smallest absolute Gasteiger partial charge is 0.285 e. The SMILES string of the molecule is C#CC(=O)NC(=O)C(C)(C)C(C)C. The zero-order valence-electron chi connectivity index (χ0n) is 8.47. The molecular weight excluding hydrogens is 166 g/mol. The summed E-state index contributed by atoms with van der Waals surface area (Å²) in [5.41, 5.74) is -0.577. The molecule has 0 spiro atoms.